The second-order valence-corrected chi connectivity index (χ2v) is 6.64. The van der Waals surface area contributed by atoms with E-state index in [1.165, 1.54) is 6.07 Å². The largest absolute Gasteiger partial charge is 0.378 e. The van der Waals surface area contributed by atoms with Gasteiger partial charge < -0.3 is 20.9 Å². The first-order valence-electron chi connectivity index (χ1n) is 8.58. The van der Waals surface area contributed by atoms with Crippen molar-refractivity contribution in [3.05, 3.63) is 70.9 Å². The summed E-state index contributed by atoms with van der Waals surface area (Å²) in [6.45, 7) is 1.61. The second kappa shape index (κ2) is 7.67. The van der Waals surface area contributed by atoms with E-state index in [0.717, 1.165) is 23.4 Å². The molecule has 3 N–H and O–H groups in total. The van der Waals surface area contributed by atoms with Crippen molar-refractivity contribution in [2.75, 3.05) is 24.3 Å². The number of nitrogens with one attached hydrogen (secondary N) is 3. The molecule has 146 valence electrons. The topological polar surface area (TPSA) is 73.5 Å². The Labute approximate surface area is 161 Å². The van der Waals surface area contributed by atoms with Gasteiger partial charge in [0.05, 0.1) is 11.6 Å². The SMILES string of the molecule is CC1=C(C(=O)Nc2ccc(F)c(F)c2)[C@@H](c2ccc(N(C)C)cc2)NC(=O)N1. The van der Waals surface area contributed by atoms with Gasteiger partial charge in [0.15, 0.2) is 11.6 Å². The van der Waals surface area contributed by atoms with Gasteiger partial charge in [-0.25, -0.2) is 13.6 Å². The molecule has 0 aliphatic carbocycles. The summed E-state index contributed by atoms with van der Waals surface area (Å²) >= 11 is 0. The van der Waals surface area contributed by atoms with Crippen LogP contribution in [0.1, 0.15) is 18.5 Å². The fourth-order valence-corrected chi connectivity index (χ4v) is 2.98. The van der Waals surface area contributed by atoms with Gasteiger partial charge >= 0.3 is 6.03 Å². The maximum absolute atomic E-state index is 13.4. The number of benzene rings is 2. The number of allylic oxidation sites excluding steroid dienone is 1. The third kappa shape index (κ3) is 3.95. The third-order valence-electron chi connectivity index (χ3n) is 4.43. The van der Waals surface area contributed by atoms with Crippen LogP contribution in [0.3, 0.4) is 0 Å². The molecule has 0 saturated heterocycles. The van der Waals surface area contributed by atoms with Gasteiger partial charge in [0.1, 0.15) is 0 Å². The molecule has 8 heteroatoms. The standard InChI is InChI=1S/C20H20F2N4O2/c1-11-17(19(27)24-13-6-9-15(21)16(22)10-13)18(25-20(28)23-11)12-4-7-14(8-5-12)26(2)3/h4-10,18H,1-3H3,(H,24,27)(H2,23,25,28)/t18-/m1/s1. The van der Waals surface area contributed by atoms with Gasteiger partial charge in [-0.3, -0.25) is 4.79 Å². The van der Waals surface area contributed by atoms with Crippen LogP contribution in [0, 0.1) is 11.6 Å². The van der Waals surface area contributed by atoms with E-state index in [2.05, 4.69) is 16.0 Å². The molecule has 0 unspecified atom stereocenters. The zero-order valence-electron chi connectivity index (χ0n) is 15.6. The van der Waals surface area contributed by atoms with Crippen molar-refractivity contribution in [1.29, 1.82) is 0 Å². The highest BCUT2D eigenvalue weighted by Crippen LogP contribution is 2.29. The molecule has 0 saturated carbocycles. The molecule has 28 heavy (non-hydrogen) atoms. The molecule has 0 bridgehead atoms. The normalized spacial score (nSPS) is 16.3. The Balaban J connectivity index is 1.92. The van der Waals surface area contributed by atoms with Gasteiger partial charge in [-0.1, -0.05) is 12.1 Å². The summed E-state index contributed by atoms with van der Waals surface area (Å²) in [7, 11) is 3.82. The van der Waals surface area contributed by atoms with Crippen LogP contribution in [0.25, 0.3) is 0 Å². The molecule has 1 heterocycles. The molecule has 0 fully saturated rings. The lowest BCUT2D eigenvalue weighted by molar-refractivity contribution is -0.113. The summed E-state index contributed by atoms with van der Waals surface area (Å²) in [5, 5.41) is 7.86. The smallest absolute Gasteiger partial charge is 0.319 e. The summed E-state index contributed by atoms with van der Waals surface area (Å²) in [5.74, 6) is -2.59. The van der Waals surface area contributed by atoms with Crippen molar-refractivity contribution in [2.24, 2.45) is 0 Å². The van der Waals surface area contributed by atoms with Crippen molar-refractivity contribution in [2.45, 2.75) is 13.0 Å². The van der Waals surface area contributed by atoms with E-state index in [-0.39, 0.29) is 11.3 Å². The lowest BCUT2D eigenvalue weighted by Crippen LogP contribution is -2.46. The minimum absolute atomic E-state index is 0.114. The summed E-state index contributed by atoms with van der Waals surface area (Å²) in [6, 6.07) is 9.39. The molecule has 1 aliphatic heterocycles. The zero-order chi connectivity index (χ0) is 20.4. The van der Waals surface area contributed by atoms with Crippen LogP contribution in [-0.4, -0.2) is 26.0 Å². The molecule has 1 atom stereocenters. The molecular weight excluding hydrogens is 366 g/mol. The Morgan fingerprint density at radius 3 is 2.36 bits per heavy atom. The Morgan fingerprint density at radius 2 is 1.75 bits per heavy atom. The fraction of sp³-hybridized carbons (Fsp3) is 0.200. The zero-order valence-corrected chi connectivity index (χ0v) is 15.6. The molecule has 3 amide bonds. The number of hydrogen-bond acceptors (Lipinski definition) is 3. The van der Waals surface area contributed by atoms with Crippen LogP contribution < -0.4 is 20.9 Å². The van der Waals surface area contributed by atoms with Gasteiger partial charge in [-0.15, -0.1) is 0 Å². The minimum atomic E-state index is -1.06. The number of nitrogens with zero attached hydrogens (tertiary/aromatic N) is 1. The van der Waals surface area contributed by atoms with Crippen LogP contribution in [0.4, 0.5) is 25.0 Å². The number of hydrogen-bond donors (Lipinski definition) is 3. The summed E-state index contributed by atoms with van der Waals surface area (Å²) in [6.07, 6.45) is 0. The number of anilines is 2. The first-order valence-corrected chi connectivity index (χ1v) is 8.58. The Hall–Kier alpha value is -3.42. The quantitative estimate of drug-likeness (QED) is 0.755. The highest BCUT2D eigenvalue weighted by Gasteiger charge is 2.31. The van der Waals surface area contributed by atoms with E-state index >= 15 is 0 Å². The van der Waals surface area contributed by atoms with Crippen LogP contribution in [0.15, 0.2) is 53.7 Å². The van der Waals surface area contributed by atoms with Gasteiger partial charge in [-0.2, -0.15) is 0 Å². The molecule has 6 nitrogen and oxygen atoms in total. The van der Waals surface area contributed by atoms with E-state index in [9.17, 15) is 18.4 Å². The van der Waals surface area contributed by atoms with E-state index in [1.54, 1.807) is 6.92 Å². The molecule has 0 radical (unpaired) electrons. The first-order chi connectivity index (χ1) is 13.3. The highest BCUT2D eigenvalue weighted by atomic mass is 19.2. The van der Waals surface area contributed by atoms with Gasteiger partial charge in [0, 0.05) is 37.2 Å². The van der Waals surface area contributed by atoms with Crippen molar-refractivity contribution in [3.63, 3.8) is 0 Å². The Bertz CT molecular complexity index is 955. The lowest BCUT2D eigenvalue weighted by Gasteiger charge is -2.29. The molecule has 0 aromatic heterocycles. The number of rotatable bonds is 4. The van der Waals surface area contributed by atoms with Crippen LogP contribution in [-0.2, 0) is 4.79 Å². The molecule has 2 aromatic rings. The number of amides is 3. The van der Waals surface area contributed by atoms with Crippen molar-refractivity contribution >= 4 is 23.3 Å². The summed E-state index contributed by atoms with van der Waals surface area (Å²) < 4.78 is 26.5. The van der Waals surface area contributed by atoms with Crippen LogP contribution in [0.5, 0.6) is 0 Å². The van der Waals surface area contributed by atoms with E-state index < -0.39 is 29.6 Å². The Kier molecular flexibility index (Phi) is 5.30. The average molecular weight is 386 g/mol. The predicted octanol–water partition coefficient (Wildman–Crippen LogP) is 3.30. The van der Waals surface area contributed by atoms with E-state index in [0.29, 0.717) is 5.70 Å². The number of halogens is 2. The highest BCUT2D eigenvalue weighted by molar-refractivity contribution is 6.06. The van der Waals surface area contributed by atoms with E-state index in [4.69, 9.17) is 0 Å². The molecule has 2 aromatic carbocycles. The van der Waals surface area contributed by atoms with Gasteiger partial charge in [-0.05, 0) is 36.8 Å². The number of urea groups is 1. The predicted molar refractivity (Wildman–Crippen MR) is 103 cm³/mol. The molecule has 0 spiro atoms. The first kappa shape index (κ1) is 19.3. The van der Waals surface area contributed by atoms with Crippen LogP contribution >= 0.6 is 0 Å². The number of carbonyl (C=O) groups excluding carboxylic acids is 2. The molecular formula is C20H20F2N4O2. The van der Waals surface area contributed by atoms with E-state index in [1.807, 2.05) is 43.3 Å². The van der Waals surface area contributed by atoms with Gasteiger partial charge in [0.2, 0.25) is 0 Å². The van der Waals surface area contributed by atoms with Crippen molar-refractivity contribution < 1.29 is 18.4 Å². The average Bonchev–Trinajstić information content (AvgIpc) is 2.64. The summed E-state index contributed by atoms with van der Waals surface area (Å²) in [4.78, 5) is 26.7. The maximum Gasteiger partial charge on any atom is 0.319 e. The Morgan fingerprint density at radius 1 is 1.07 bits per heavy atom. The molecule has 3 rings (SSSR count). The van der Waals surface area contributed by atoms with Gasteiger partial charge in [0.25, 0.3) is 5.91 Å². The third-order valence-corrected chi connectivity index (χ3v) is 4.43. The molecule has 1 aliphatic rings. The second-order valence-electron chi connectivity index (χ2n) is 6.64. The fourth-order valence-electron chi connectivity index (χ4n) is 2.98. The summed E-state index contributed by atoms with van der Waals surface area (Å²) in [5.41, 5.74) is 2.46. The van der Waals surface area contributed by atoms with Crippen LogP contribution in [0.2, 0.25) is 0 Å². The number of carbonyl (C=O) groups is 2. The lowest BCUT2D eigenvalue weighted by atomic mass is 9.94. The monoisotopic (exact) mass is 386 g/mol. The maximum atomic E-state index is 13.4. The van der Waals surface area contributed by atoms with Crippen molar-refractivity contribution in [3.8, 4) is 0 Å². The minimum Gasteiger partial charge on any atom is -0.378 e. The van der Waals surface area contributed by atoms with Crippen molar-refractivity contribution in [1.82, 2.24) is 10.6 Å².